The Morgan fingerprint density at radius 1 is 1.21 bits per heavy atom. The van der Waals surface area contributed by atoms with Crippen LogP contribution in [0.25, 0.3) is 11.0 Å². The summed E-state index contributed by atoms with van der Waals surface area (Å²) in [5.41, 5.74) is 11.1. The average molecular weight is 694 g/mol. The lowest BCUT2D eigenvalue weighted by molar-refractivity contribution is -0.0520. The van der Waals surface area contributed by atoms with E-state index in [9.17, 15) is 28.3 Å². The monoisotopic (exact) mass is 693 g/mol. The van der Waals surface area contributed by atoms with Crippen molar-refractivity contribution < 1.29 is 55.9 Å². The van der Waals surface area contributed by atoms with Gasteiger partial charge in [-0.25, -0.2) is 13.7 Å². The van der Waals surface area contributed by atoms with E-state index in [-0.39, 0.29) is 40.6 Å². The molecule has 9 N–H and O–H groups in total. The van der Waals surface area contributed by atoms with Crippen molar-refractivity contribution in [3.63, 3.8) is 0 Å². The second kappa shape index (κ2) is 13.8. The lowest BCUT2D eigenvalue weighted by atomic mass is 10.2. The number of hydrogen-bond donors (Lipinski definition) is 7. The number of fused-ring (bicyclic) bond motifs is 1. The Balaban J connectivity index is 1.86. The number of phosphoric ester groups is 1. The van der Waals surface area contributed by atoms with Gasteiger partial charge in [0.15, 0.2) is 5.65 Å². The maximum absolute atomic E-state index is 12.7. The van der Waals surface area contributed by atoms with Crippen molar-refractivity contribution in [2.24, 2.45) is 5.73 Å². The van der Waals surface area contributed by atoms with Crippen LogP contribution in [0.2, 0.25) is 0 Å². The van der Waals surface area contributed by atoms with E-state index in [1.54, 1.807) is 10.8 Å². The third-order valence-electron chi connectivity index (χ3n) is 4.97. The van der Waals surface area contributed by atoms with Crippen LogP contribution in [0.4, 0.5) is 5.95 Å². The van der Waals surface area contributed by atoms with Gasteiger partial charge < -0.3 is 45.1 Å². The van der Waals surface area contributed by atoms with Crippen molar-refractivity contribution in [2.45, 2.75) is 50.4 Å². The number of rotatable bonds is 12. The minimum atomic E-state index is -5.71. The summed E-state index contributed by atoms with van der Waals surface area (Å²) in [5.74, 6) is 5.45. The molecule has 1 aliphatic heterocycles. The SMILES string of the molecule is CC(C)(C)SSCO[C@@H]1C[C@H](n2cc(C#CCN)c3c(=O)[nH]c(N)nc32)O[C@@H]1COP(=O)(O)OP(=O)(O)OP(=O)(O)O. The topological polar surface area (TPSA) is 281 Å². The molecule has 0 spiro atoms. The van der Waals surface area contributed by atoms with Gasteiger partial charge in [0, 0.05) is 17.4 Å². The van der Waals surface area contributed by atoms with Crippen molar-refractivity contribution in [3.8, 4) is 11.8 Å². The predicted molar refractivity (Wildman–Crippen MR) is 154 cm³/mol. The summed E-state index contributed by atoms with van der Waals surface area (Å²) < 4.78 is 60.5. The summed E-state index contributed by atoms with van der Waals surface area (Å²) in [6.07, 6.45) is -1.13. The van der Waals surface area contributed by atoms with Crippen LogP contribution in [0.1, 0.15) is 39.0 Å². The molecule has 0 amide bonds. The van der Waals surface area contributed by atoms with Gasteiger partial charge in [0.1, 0.15) is 18.3 Å². The summed E-state index contributed by atoms with van der Waals surface area (Å²) in [6, 6.07) is 0. The minimum absolute atomic E-state index is 0.0235. The third kappa shape index (κ3) is 10.4. The van der Waals surface area contributed by atoms with Gasteiger partial charge in [0.2, 0.25) is 5.95 Å². The number of hydrogen-bond acceptors (Lipinski definition) is 14. The molecule has 1 fully saturated rings. The second-order valence-corrected chi connectivity index (χ2v) is 17.0. The van der Waals surface area contributed by atoms with Crippen LogP contribution in [-0.2, 0) is 36.3 Å². The summed E-state index contributed by atoms with van der Waals surface area (Å²) in [6.45, 7) is 5.31. The number of anilines is 1. The van der Waals surface area contributed by atoms with E-state index in [4.69, 9.17) is 35.3 Å². The Labute approximate surface area is 247 Å². The van der Waals surface area contributed by atoms with Gasteiger partial charge in [-0.3, -0.25) is 14.3 Å². The van der Waals surface area contributed by atoms with Crippen LogP contribution < -0.4 is 17.0 Å². The van der Waals surface area contributed by atoms with E-state index in [1.807, 2.05) is 20.8 Å². The predicted octanol–water partition coefficient (Wildman–Crippen LogP) is 1.77. The van der Waals surface area contributed by atoms with Crippen molar-refractivity contribution in [1.82, 2.24) is 14.5 Å². The fraction of sp³-hybridized carbons (Fsp3) is 0.579. The molecule has 0 bridgehead atoms. The number of nitrogens with two attached hydrogens (primary N) is 2. The lowest BCUT2D eigenvalue weighted by Crippen LogP contribution is -2.29. The number of nitrogens with one attached hydrogen (secondary N) is 1. The zero-order valence-electron chi connectivity index (χ0n) is 22.3. The van der Waals surface area contributed by atoms with Gasteiger partial charge >= 0.3 is 23.5 Å². The molecule has 0 aromatic carbocycles. The number of aromatic nitrogens is 3. The number of nitrogen functional groups attached to an aromatic ring is 1. The maximum Gasteiger partial charge on any atom is 0.490 e. The van der Waals surface area contributed by atoms with E-state index < -0.39 is 54.1 Å². The van der Waals surface area contributed by atoms with E-state index >= 15 is 0 Å². The number of H-pyrrole nitrogens is 1. The van der Waals surface area contributed by atoms with Gasteiger partial charge in [0.25, 0.3) is 5.56 Å². The standard InChI is InChI=1S/C19H30N5O13P3S2/c1-19(2,3)42-41-10-33-12-7-14(24-8-11(5-4-6-20)15-16(24)22-18(21)23-17(15)25)35-13(12)9-34-39(29,30)37-40(31,32)36-38(26,27)28/h8,12-14H,6-7,9-10,20H2,1-3H3,(H,29,30)(H,31,32)(H2,26,27,28)(H3,21,22,23,25)/t12-,13-,14-/m1/s1. The fourth-order valence-corrected chi connectivity index (χ4v) is 8.65. The Morgan fingerprint density at radius 2 is 1.90 bits per heavy atom. The Morgan fingerprint density at radius 3 is 2.52 bits per heavy atom. The number of aromatic amines is 1. The highest BCUT2D eigenvalue weighted by Crippen LogP contribution is 2.66. The largest absolute Gasteiger partial charge is 0.490 e. The molecule has 2 unspecified atom stereocenters. The highest BCUT2D eigenvalue weighted by molar-refractivity contribution is 8.77. The molecule has 2 aromatic heterocycles. The fourth-order valence-electron chi connectivity index (χ4n) is 3.62. The molecule has 0 saturated carbocycles. The van der Waals surface area contributed by atoms with Gasteiger partial charge in [0.05, 0.1) is 30.2 Å². The van der Waals surface area contributed by atoms with E-state index in [2.05, 4.69) is 30.4 Å². The zero-order chi connectivity index (χ0) is 31.5. The second-order valence-electron chi connectivity index (χ2n) is 9.49. The first kappa shape index (κ1) is 35.3. The summed E-state index contributed by atoms with van der Waals surface area (Å²) >= 11 is 0. The molecule has 5 atom stereocenters. The third-order valence-corrected chi connectivity index (χ3v) is 11.8. The van der Waals surface area contributed by atoms with Crippen molar-refractivity contribution in [1.29, 1.82) is 0 Å². The zero-order valence-corrected chi connectivity index (χ0v) is 26.6. The molecular weight excluding hydrogens is 663 g/mol. The molecule has 42 heavy (non-hydrogen) atoms. The molecule has 23 heteroatoms. The molecule has 236 valence electrons. The number of phosphoric acid groups is 3. The maximum atomic E-state index is 12.7. The van der Waals surface area contributed by atoms with Crippen LogP contribution in [0, 0.1) is 11.8 Å². The van der Waals surface area contributed by atoms with Crippen LogP contribution in [0.15, 0.2) is 11.0 Å². The Kier molecular flexibility index (Phi) is 11.6. The van der Waals surface area contributed by atoms with Gasteiger partial charge in [-0.05, 0) is 0 Å². The number of ether oxygens (including phenoxy) is 2. The van der Waals surface area contributed by atoms with E-state index in [0.717, 1.165) is 0 Å². The van der Waals surface area contributed by atoms with E-state index in [1.165, 1.54) is 21.6 Å². The van der Waals surface area contributed by atoms with Gasteiger partial charge in [-0.2, -0.15) is 13.6 Å². The van der Waals surface area contributed by atoms with Crippen LogP contribution in [0.5, 0.6) is 0 Å². The van der Waals surface area contributed by atoms with Crippen molar-refractivity contribution in [3.05, 3.63) is 22.1 Å². The Hall–Kier alpha value is -1.23. The molecule has 18 nitrogen and oxygen atoms in total. The summed E-state index contributed by atoms with van der Waals surface area (Å²) in [4.78, 5) is 56.0. The van der Waals surface area contributed by atoms with Crippen LogP contribution in [0.3, 0.4) is 0 Å². The first-order valence-electron chi connectivity index (χ1n) is 11.7. The van der Waals surface area contributed by atoms with Gasteiger partial charge in [-0.1, -0.05) is 54.2 Å². The van der Waals surface area contributed by atoms with Crippen molar-refractivity contribution >= 4 is 62.0 Å². The number of nitrogens with zero attached hydrogens (tertiary/aromatic N) is 2. The van der Waals surface area contributed by atoms with E-state index in [0.29, 0.717) is 5.56 Å². The minimum Gasteiger partial charge on any atom is -0.369 e. The molecule has 0 aliphatic carbocycles. The smallest absolute Gasteiger partial charge is 0.369 e. The molecule has 0 radical (unpaired) electrons. The quantitative estimate of drug-likeness (QED) is 0.0548. The molecule has 3 heterocycles. The van der Waals surface area contributed by atoms with Crippen LogP contribution >= 0.6 is 45.1 Å². The highest BCUT2D eigenvalue weighted by Gasteiger charge is 2.43. The lowest BCUT2D eigenvalue weighted by Gasteiger charge is -2.22. The molecular formula is C19H30N5O13P3S2. The first-order valence-corrected chi connectivity index (χ1v) is 18.6. The molecule has 2 aromatic rings. The molecule has 1 saturated heterocycles. The highest BCUT2D eigenvalue weighted by atomic mass is 33.1. The first-order chi connectivity index (χ1) is 19.3. The van der Waals surface area contributed by atoms with Gasteiger partial charge in [-0.15, -0.1) is 0 Å². The summed E-state index contributed by atoms with van der Waals surface area (Å²) in [5, 5.41) is 0.125. The Bertz CT molecular complexity index is 1550. The average Bonchev–Trinajstić information content (AvgIpc) is 3.37. The molecule has 1 aliphatic rings. The normalized spacial score (nSPS) is 22.4. The molecule has 3 rings (SSSR count). The van der Waals surface area contributed by atoms with Crippen LogP contribution in [-0.4, -0.2) is 70.2 Å². The summed E-state index contributed by atoms with van der Waals surface area (Å²) in [7, 11) is -13.7. The van der Waals surface area contributed by atoms with Crippen molar-refractivity contribution in [2.75, 3.05) is 24.8 Å².